The minimum absolute atomic E-state index is 0.134. The SMILES string of the molecule is COC(=O)N1C(=O)O[C@H]2CSC[C@H]21. The summed E-state index contributed by atoms with van der Waals surface area (Å²) in [6.07, 6.45) is -1.35. The van der Waals surface area contributed by atoms with Crippen molar-refractivity contribution in [2.75, 3.05) is 18.6 Å². The maximum atomic E-state index is 11.2. The van der Waals surface area contributed by atoms with Gasteiger partial charge in [-0.3, -0.25) is 0 Å². The summed E-state index contributed by atoms with van der Waals surface area (Å²) in [5.41, 5.74) is 0. The Kier molecular flexibility index (Phi) is 2.07. The zero-order valence-corrected chi connectivity index (χ0v) is 7.87. The Morgan fingerprint density at radius 2 is 2.46 bits per heavy atom. The van der Waals surface area contributed by atoms with E-state index in [2.05, 4.69) is 4.74 Å². The van der Waals surface area contributed by atoms with E-state index in [9.17, 15) is 9.59 Å². The molecule has 5 nitrogen and oxygen atoms in total. The molecule has 0 unspecified atom stereocenters. The van der Waals surface area contributed by atoms with Gasteiger partial charge in [-0.1, -0.05) is 0 Å². The average molecular weight is 203 g/mol. The lowest BCUT2D eigenvalue weighted by atomic mass is 10.2. The van der Waals surface area contributed by atoms with Gasteiger partial charge in [0.15, 0.2) is 0 Å². The molecule has 0 aromatic heterocycles. The Labute approximate surface area is 79.4 Å². The number of carbonyl (C=O) groups excluding carboxylic acids is 2. The van der Waals surface area contributed by atoms with Gasteiger partial charge in [-0.2, -0.15) is 11.8 Å². The number of hydrogen-bond donors (Lipinski definition) is 0. The van der Waals surface area contributed by atoms with Gasteiger partial charge in [0.25, 0.3) is 0 Å². The summed E-state index contributed by atoms with van der Waals surface area (Å²) < 4.78 is 9.48. The third-order valence-corrected chi connectivity index (χ3v) is 3.29. The molecule has 13 heavy (non-hydrogen) atoms. The summed E-state index contributed by atoms with van der Waals surface area (Å²) in [6.45, 7) is 0. The van der Waals surface area contributed by atoms with Crippen LogP contribution in [-0.2, 0) is 9.47 Å². The molecule has 2 fully saturated rings. The molecule has 2 aliphatic rings. The molecule has 0 aromatic carbocycles. The van der Waals surface area contributed by atoms with Crippen molar-refractivity contribution in [3.05, 3.63) is 0 Å². The van der Waals surface area contributed by atoms with Gasteiger partial charge in [-0.25, -0.2) is 14.5 Å². The molecule has 0 radical (unpaired) electrons. The largest absolute Gasteiger partial charge is 0.452 e. The number of amides is 2. The van der Waals surface area contributed by atoms with Gasteiger partial charge < -0.3 is 9.47 Å². The third-order valence-electron chi connectivity index (χ3n) is 2.15. The number of nitrogens with zero attached hydrogens (tertiary/aromatic N) is 1. The highest BCUT2D eigenvalue weighted by atomic mass is 32.2. The lowest BCUT2D eigenvalue weighted by molar-refractivity contribution is 0.120. The summed E-state index contributed by atoms with van der Waals surface area (Å²) in [6, 6.07) is -0.134. The van der Waals surface area contributed by atoms with E-state index in [1.807, 2.05) is 0 Å². The van der Waals surface area contributed by atoms with Crippen molar-refractivity contribution >= 4 is 23.9 Å². The molecule has 0 saturated carbocycles. The van der Waals surface area contributed by atoms with Crippen molar-refractivity contribution in [2.45, 2.75) is 12.1 Å². The molecule has 0 aliphatic carbocycles. The van der Waals surface area contributed by atoms with E-state index < -0.39 is 12.2 Å². The van der Waals surface area contributed by atoms with E-state index >= 15 is 0 Å². The predicted octanol–water partition coefficient (Wildman–Crippen LogP) is 0.689. The molecule has 2 atom stereocenters. The fourth-order valence-electron chi connectivity index (χ4n) is 1.51. The molecular weight excluding hydrogens is 194 g/mol. The van der Waals surface area contributed by atoms with E-state index in [1.165, 1.54) is 7.11 Å². The Morgan fingerprint density at radius 3 is 3.15 bits per heavy atom. The normalized spacial score (nSPS) is 31.5. The van der Waals surface area contributed by atoms with Crippen LogP contribution in [-0.4, -0.2) is 47.8 Å². The lowest BCUT2D eigenvalue weighted by Crippen LogP contribution is -2.40. The number of methoxy groups -OCH3 is 1. The quantitative estimate of drug-likeness (QED) is 0.579. The van der Waals surface area contributed by atoms with Crippen LogP contribution in [0.1, 0.15) is 0 Å². The van der Waals surface area contributed by atoms with Crippen LogP contribution in [0.25, 0.3) is 0 Å². The van der Waals surface area contributed by atoms with Crippen molar-refractivity contribution < 1.29 is 19.1 Å². The average Bonchev–Trinajstić information content (AvgIpc) is 2.62. The smallest absolute Gasteiger partial charge is 0.420 e. The summed E-state index contributed by atoms with van der Waals surface area (Å²) in [4.78, 5) is 23.4. The van der Waals surface area contributed by atoms with Crippen molar-refractivity contribution in [3.8, 4) is 0 Å². The van der Waals surface area contributed by atoms with Gasteiger partial charge in [0.05, 0.1) is 13.2 Å². The highest BCUT2D eigenvalue weighted by Gasteiger charge is 2.48. The fourth-order valence-corrected chi connectivity index (χ4v) is 2.77. The van der Waals surface area contributed by atoms with Gasteiger partial charge in [-0.15, -0.1) is 0 Å². The molecule has 72 valence electrons. The maximum Gasteiger partial charge on any atom is 0.420 e. The first-order valence-corrected chi connectivity index (χ1v) is 5.05. The molecule has 2 saturated heterocycles. The van der Waals surface area contributed by atoms with E-state index in [1.54, 1.807) is 11.8 Å². The minimum atomic E-state index is -0.625. The second-order valence-corrected chi connectivity index (χ2v) is 3.94. The Balaban J connectivity index is 2.16. The molecule has 2 rings (SSSR count). The van der Waals surface area contributed by atoms with Crippen LogP contribution in [0.2, 0.25) is 0 Å². The molecule has 2 amide bonds. The van der Waals surface area contributed by atoms with Crippen LogP contribution in [0.4, 0.5) is 9.59 Å². The first kappa shape index (κ1) is 8.68. The van der Waals surface area contributed by atoms with Crippen LogP contribution in [0, 0.1) is 0 Å². The number of hydrogen-bond acceptors (Lipinski definition) is 5. The summed E-state index contributed by atoms with van der Waals surface area (Å²) >= 11 is 1.67. The fraction of sp³-hybridized carbons (Fsp3) is 0.714. The van der Waals surface area contributed by atoms with Crippen LogP contribution in [0.3, 0.4) is 0 Å². The zero-order valence-electron chi connectivity index (χ0n) is 7.06. The number of thioether (sulfide) groups is 1. The van der Waals surface area contributed by atoms with E-state index in [4.69, 9.17) is 4.74 Å². The lowest BCUT2D eigenvalue weighted by Gasteiger charge is -2.15. The summed E-state index contributed by atoms with van der Waals surface area (Å²) in [7, 11) is 1.25. The van der Waals surface area contributed by atoms with E-state index in [0.29, 0.717) is 0 Å². The molecule has 2 heterocycles. The number of ether oxygens (including phenoxy) is 2. The predicted molar refractivity (Wildman–Crippen MR) is 45.6 cm³/mol. The zero-order chi connectivity index (χ0) is 9.42. The molecule has 0 aromatic rings. The van der Waals surface area contributed by atoms with Gasteiger partial charge in [-0.05, 0) is 0 Å². The van der Waals surface area contributed by atoms with Gasteiger partial charge >= 0.3 is 12.2 Å². The Morgan fingerprint density at radius 1 is 1.69 bits per heavy atom. The number of rotatable bonds is 0. The van der Waals surface area contributed by atoms with Crippen molar-refractivity contribution in [1.29, 1.82) is 0 Å². The second-order valence-electron chi connectivity index (χ2n) is 2.87. The van der Waals surface area contributed by atoms with Crippen LogP contribution < -0.4 is 0 Å². The Hall–Kier alpha value is -0.910. The van der Waals surface area contributed by atoms with Crippen molar-refractivity contribution in [2.24, 2.45) is 0 Å². The monoisotopic (exact) mass is 203 g/mol. The minimum Gasteiger partial charge on any atom is -0.452 e. The molecule has 6 heteroatoms. The molecule has 0 N–H and O–H groups in total. The third kappa shape index (κ3) is 1.25. The summed E-state index contributed by atoms with van der Waals surface area (Å²) in [5.74, 6) is 1.51. The summed E-state index contributed by atoms with van der Waals surface area (Å²) in [5, 5.41) is 0. The van der Waals surface area contributed by atoms with Gasteiger partial charge in [0, 0.05) is 11.5 Å². The topological polar surface area (TPSA) is 55.8 Å². The number of fused-ring (bicyclic) bond motifs is 1. The molecule has 0 bridgehead atoms. The molecule has 2 aliphatic heterocycles. The molecule has 0 spiro atoms. The first-order valence-electron chi connectivity index (χ1n) is 3.89. The number of imide groups is 1. The maximum absolute atomic E-state index is 11.2. The van der Waals surface area contributed by atoms with Crippen molar-refractivity contribution in [1.82, 2.24) is 4.90 Å². The van der Waals surface area contributed by atoms with E-state index in [0.717, 1.165) is 16.4 Å². The standard InChI is InChI=1S/C7H9NO4S/c1-11-6(9)8-4-2-13-3-5(4)12-7(8)10/h4-5H,2-3H2,1H3/t4-,5+/m1/s1. The van der Waals surface area contributed by atoms with Gasteiger partial charge in [0.1, 0.15) is 6.10 Å². The highest BCUT2D eigenvalue weighted by molar-refractivity contribution is 7.99. The van der Waals surface area contributed by atoms with Gasteiger partial charge in [0.2, 0.25) is 0 Å². The molecular formula is C7H9NO4S. The van der Waals surface area contributed by atoms with Crippen LogP contribution in [0.5, 0.6) is 0 Å². The number of carbonyl (C=O) groups is 2. The highest BCUT2D eigenvalue weighted by Crippen LogP contribution is 2.31. The van der Waals surface area contributed by atoms with E-state index in [-0.39, 0.29) is 12.1 Å². The van der Waals surface area contributed by atoms with Crippen LogP contribution >= 0.6 is 11.8 Å². The first-order chi connectivity index (χ1) is 6.24. The Bertz CT molecular complexity index is 249. The second kappa shape index (κ2) is 3.10. The van der Waals surface area contributed by atoms with Crippen molar-refractivity contribution in [3.63, 3.8) is 0 Å². The van der Waals surface area contributed by atoms with Crippen LogP contribution in [0.15, 0.2) is 0 Å².